The fourth-order valence-corrected chi connectivity index (χ4v) is 2.98. The monoisotopic (exact) mass is 366 g/mol. The van der Waals surface area contributed by atoms with Crippen LogP contribution in [-0.2, 0) is 6.54 Å². The van der Waals surface area contributed by atoms with Crippen molar-refractivity contribution in [2.45, 2.75) is 19.0 Å². The Morgan fingerprint density at radius 1 is 1.14 bits per heavy atom. The quantitative estimate of drug-likeness (QED) is 0.807. The number of hydrogen-bond donors (Lipinski definition) is 1. The van der Waals surface area contributed by atoms with E-state index in [0.29, 0.717) is 0 Å². The number of benzene rings is 2. The van der Waals surface area contributed by atoms with Gasteiger partial charge in [0.25, 0.3) is 0 Å². The van der Waals surface area contributed by atoms with E-state index in [1.165, 1.54) is 5.56 Å². The van der Waals surface area contributed by atoms with E-state index < -0.39 is 0 Å². The molecule has 0 amide bonds. The molecule has 4 heteroatoms. The second kappa shape index (κ2) is 7.95. The van der Waals surface area contributed by atoms with E-state index in [2.05, 4.69) is 46.1 Å². The molecule has 2 nitrogen and oxygen atoms in total. The van der Waals surface area contributed by atoms with Gasteiger partial charge in [-0.1, -0.05) is 57.9 Å². The van der Waals surface area contributed by atoms with Gasteiger partial charge in [0, 0.05) is 22.1 Å². The molecular formula is C17H20BrClN2. The first kappa shape index (κ1) is 16.5. The second-order valence-electron chi connectivity index (χ2n) is 5.28. The van der Waals surface area contributed by atoms with Crippen LogP contribution in [0.5, 0.6) is 0 Å². The number of halogens is 2. The number of hydrogen-bond acceptors (Lipinski definition) is 2. The Balaban J connectivity index is 1.85. The van der Waals surface area contributed by atoms with Crippen LogP contribution in [0.1, 0.15) is 23.6 Å². The smallest absolute Gasteiger partial charge is 0.0406 e. The Labute approximate surface area is 140 Å². The van der Waals surface area contributed by atoms with Crippen LogP contribution >= 0.6 is 27.5 Å². The van der Waals surface area contributed by atoms with Crippen molar-refractivity contribution in [1.29, 1.82) is 0 Å². The fraction of sp³-hybridized carbons (Fsp3) is 0.294. The molecule has 0 aliphatic carbocycles. The van der Waals surface area contributed by atoms with E-state index in [1.807, 2.05) is 30.3 Å². The van der Waals surface area contributed by atoms with Crippen LogP contribution in [-0.4, -0.2) is 18.5 Å². The third kappa shape index (κ3) is 5.11. The molecule has 0 saturated carbocycles. The van der Waals surface area contributed by atoms with E-state index in [4.69, 9.17) is 17.3 Å². The number of nitrogens with two attached hydrogens (primary N) is 1. The molecule has 0 heterocycles. The second-order valence-corrected chi connectivity index (χ2v) is 6.57. The SMILES string of the molecule is CN(CCC(N)c1ccccc1Br)Cc1ccc(Cl)cc1. The molecule has 0 aromatic heterocycles. The molecule has 2 N–H and O–H groups in total. The third-order valence-corrected chi connectivity index (χ3v) is 4.47. The van der Waals surface area contributed by atoms with Gasteiger partial charge in [-0.3, -0.25) is 0 Å². The lowest BCUT2D eigenvalue weighted by atomic mass is 10.0. The molecule has 1 atom stereocenters. The Hall–Kier alpha value is -0.870. The van der Waals surface area contributed by atoms with Gasteiger partial charge in [0.15, 0.2) is 0 Å². The molecule has 0 aliphatic heterocycles. The zero-order valence-corrected chi connectivity index (χ0v) is 14.4. The highest BCUT2D eigenvalue weighted by atomic mass is 79.9. The average Bonchev–Trinajstić information content (AvgIpc) is 2.48. The van der Waals surface area contributed by atoms with Gasteiger partial charge in [-0.2, -0.15) is 0 Å². The predicted molar refractivity (Wildman–Crippen MR) is 93.5 cm³/mol. The van der Waals surface area contributed by atoms with Gasteiger partial charge >= 0.3 is 0 Å². The lowest BCUT2D eigenvalue weighted by molar-refractivity contribution is 0.311. The average molecular weight is 368 g/mol. The zero-order chi connectivity index (χ0) is 15.2. The minimum Gasteiger partial charge on any atom is -0.324 e. The van der Waals surface area contributed by atoms with E-state index in [1.54, 1.807) is 0 Å². The summed E-state index contributed by atoms with van der Waals surface area (Å²) in [4.78, 5) is 2.28. The molecular weight excluding hydrogens is 348 g/mol. The molecule has 21 heavy (non-hydrogen) atoms. The minimum absolute atomic E-state index is 0.0493. The lowest BCUT2D eigenvalue weighted by Crippen LogP contribution is -2.23. The summed E-state index contributed by atoms with van der Waals surface area (Å²) in [6, 6.07) is 16.2. The summed E-state index contributed by atoms with van der Waals surface area (Å²) < 4.78 is 1.08. The summed E-state index contributed by atoms with van der Waals surface area (Å²) >= 11 is 9.46. The maximum Gasteiger partial charge on any atom is 0.0406 e. The number of nitrogens with zero attached hydrogens (tertiary/aromatic N) is 1. The van der Waals surface area contributed by atoms with Crippen molar-refractivity contribution in [3.8, 4) is 0 Å². The highest BCUT2D eigenvalue weighted by Crippen LogP contribution is 2.23. The molecule has 0 fully saturated rings. The van der Waals surface area contributed by atoms with Crippen LogP contribution < -0.4 is 5.73 Å². The Kier molecular flexibility index (Phi) is 6.24. The van der Waals surface area contributed by atoms with Crippen molar-refractivity contribution < 1.29 is 0 Å². The van der Waals surface area contributed by atoms with E-state index in [9.17, 15) is 0 Å². The first-order valence-corrected chi connectivity index (χ1v) is 8.16. The molecule has 0 saturated heterocycles. The van der Waals surface area contributed by atoms with Gasteiger partial charge in [0.05, 0.1) is 0 Å². The molecule has 0 bridgehead atoms. The van der Waals surface area contributed by atoms with Crippen molar-refractivity contribution >= 4 is 27.5 Å². The summed E-state index contributed by atoms with van der Waals surface area (Å²) in [5, 5.41) is 0.775. The standard InChI is InChI=1S/C17H20BrClN2/c1-21(12-13-6-8-14(19)9-7-13)11-10-17(20)15-4-2-3-5-16(15)18/h2-9,17H,10-12,20H2,1H3. The maximum atomic E-state index is 6.28. The van der Waals surface area contributed by atoms with E-state index in [0.717, 1.165) is 34.6 Å². The van der Waals surface area contributed by atoms with Crippen LogP contribution in [0.2, 0.25) is 5.02 Å². The van der Waals surface area contributed by atoms with Crippen LogP contribution in [0.15, 0.2) is 53.0 Å². The van der Waals surface area contributed by atoms with Gasteiger partial charge in [0.2, 0.25) is 0 Å². The van der Waals surface area contributed by atoms with Gasteiger partial charge in [-0.25, -0.2) is 0 Å². The van der Waals surface area contributed by atoms with Crippen LogP contribution in [0.4, 0.5) is 0 Å². The Bertz CT molecular complexity index is 571. The van der Waals surface area contributed by atoms with Crippen molar-refractivity contribution in [2.24, 2.45) is 5.73 Å². The van der Waals surface area contributed by atoms with Crippen LogP contribution in [0.3, 0.4) is 0 Å². The third-order valence-electron chi connectivity index (χ3n) is 3.49. The minimum atomic E-state index is 0.0493. The molecule has 1 unspecified atom stereocenters. The zero-order valence-electron chi connectivity index (χ0n) is 12.1. The van der Waals surface area contributed by atoms with Gasteiger partial charge in [-0.05, 0) is 49.3 Å². The highest BCUT2D eigenvalue weighted by Gasteiger charge is 2.10. The summed E-state index contributed by atoms with van der Waals surface area (Å²) in [6.45, 7) is 1.85. The summed E-state index contributed by atoms with van der Waals surface area (Å²) in [7, 11) is 2.11. The van der Waals surface area contributed by atoms with Crippen molar-refractivity contribution in [1.82, 2.24) is 4.90 Å². The van der Waals surface area contributed by atoms with E-state index >= 15 is 0 Å². The first-order chi connectivity index (χ1) is 10.1. The van der Waals surface area contributed by atoms with Gasteiger partial charge in [-0.15, -0.1) is 0 Å². The molecule has 2 aromatic carbocycles. The molecule has 0 radical (unpaired) electrons. The summed E-state index contributed by atoms with van der Waals surface area (Å²) in [5.74, 6) is 0. The largest absolute Gasteiger partial charge is 0.324 e. The molecule has 2 rings (SSSR count). The van der Waals surface area contributed by atoms with Crippen molar-refractivity contribution in [2.75, 3.05) is 13.6 Å². The molecule has 2 aromatic rings. The predicted octanol–water partition coefficient (Wildman–Crippen LogP) is 4.62. The molecule has 0 aliphatic rings. The first-order valence-electron chi connectivity index (χ1n) is 6.99. The molecule has 0 spiro atoms. The van der Waals surface area contributed by atoms with Gasteiger partial charge < -0.3 is 10.6 Å². The normalized spacial score (nSPS) is 12.6. The topological polar surface area (TPSA) is 29.3 Å². The summed E-state index contributed by atoms with van der Waals surface area (Å²) in [5.41, 5.74) is 8.71. The fourth-order valence-electron chi connectivity index (χ4n) is 2.27. The molecule has 112 valence electrons. The lowest BCUT2D eigenvalue weighted by Gasteiger charge is -2.20. The maximum absolute atomic E-state index is 6.28. The van der Waals surface area contributed by atoms with Crippen molar-refractivity contribution in [3.63, 3.8) is 0 Å². The summed E-state index contributed by atoms with van der Waals surface area (Å²) in [6.07, 6.45) is 0.923. The number of rotatable bonds is 6. The van der Waals surface area contributed by atoms with Gasteiger partial charge in [0.1, 0.15) is 0 Å². The Morgan fingerprint density at radius 2 is 1.81 bits per heavy atom. The van der Waals surface area contributed by atoms with Crippen LogP contribution in [0, 0.1) is 0 Å². The van der Waals surface area contributed by atoms with Crippen LogP contribution in [0.25, 0.3) is 0 Å². The Morgan fingerprint density at radius 3 is 2.48 bits per heavy atom. The highest BCUT2D eigenvalue weighted by molar-refractivity contribution is 9.10. The van der Waals surface area contributed by atoms with E-state index in [-0.39, 0.29) is 6.04 Å². The van der Waals surface area contributed by atoms with Crippen molar-refractivity contribution in [3.05, 3.63) is 69.2 Å².